The molecule has 1 aliphatic heterocycles. The highest BCUT2D eigenvalue weighted by Gasteiger charge is 2.28. The van der Waals surface area contributed by atoms with E-state index in [9.17, 15) is 4.79 Å². The Balaban J connectivity index is 1.52. The lowest BCUT2D eigenvalue weighted by Gasteiger charge is -2.20. The number of anilines is 1. The average molecular weight is 309 g/mol. The fraction of sp³-hybridized carbons (Fsp3) is 0.316. The largest absolute Gasteiger partial charge is 0.325 e. The monoisotopic (exact) mass is 309 g/mol. The highest BCUT2D eigenvalue weighted by Crippen LogP contribution is 2.37. The topological polar surface area (TPSA) is 29.1 Å². The smallest absolute Gasteiger partial charge is 0.238 e. The Morgan fingerprint density at radius 1 is 1.00 bits per heavy atom. The van der Waals surface area contributed by atoms with E-state index in [1.807, 2.05) is 12.1 Å². The third kappa shape index (κ3) is 2.54. The fourth-order valence-corrected chi connectivity index (χ4v) is 4.64. The van der Waals surface area contributed by atoms with Gasteiger partial charge in [-0.1, -0.05) is 30.3 Å². The summed E-state index contributed by atoms with van der Waals surface area (Å²) in [6, 6.07) is 14.6. The molecule has 0 aromatic heterocycles. The molecule has 1 atom stereocenters. The van der Waals surface area contributed by atoms with Crippen molar-refractivity contribution in [1.82, 2.24) is 0 Å². The second-order valence-corrected chi connectivity index (χ2v) is 7.30. The summed E-state index contributed by atoms with van der Waals surface area (Å²) in [7, 11) is 0. The van der Waals surface area contributed by atoms with Gasteiger partial charge in [-0.25, -0.2) is 0 Å². The number of rotatable bonds is 2. The lowest BCUT2D eigenvalue weighted by Crippen LogP contribution is -2.25. The van der Waals surface area contributed by atoms with Crippen molar-refractivity contribution < 1.29 is 4.79 Å². The predicted octanol–water partition coefficient (Wildman–Crippen LogP) is 4.22. The molecule has 0 saturated heterocycles. The van der Waals surface area contributed by atoms with Crippen LogP contribution in [0.2, 0.25) is 0 Å². The van der Waals surface area contributed by atoms with Crippen LogP contribution in [0.5, 0.6) is 0 Å². The molecule has 2 aliphatic rings. The Bertz CT molecular complexity index is 700. The molecule has 22 heavy (non-hydrogen) atoms. The summed E-state index contributed by atoms with van der Waals surface area (Å²) in [5, 5.41) is 3.18. The van der Waals surface area contributed by atoms with E-state index in [1.54, 1.807) is 11.8 Å². The van der Waals surface area contributed by atoms with Crippen LogP contribution in [0.15, 0.2) is 47.4 Å². The summed E-state index contributed by atoms with van der Waals surface area (Å²) >= 11 is 1.69. The second kappa shape index (κ2) is 5.81. The number of carbonyl (C=O) groups is 1. The average Bonchev–Trinajstić information content (AvgIpc) is 2.99. The summed E-state index contributed by atoms with van der Waals surface area (Å²) in [6.45, 7) is 0. The second-order valence-electron chi connectivity index (χ2n) is 6.06. The molecule has 1 heterocycles. The van der Waals surface area contributed by atoms with Gasteiger partial charge in [0.2, 0.25) is 5.91 Å². The Morgan fingerprint density at radius 3 is 2.73 bits per heavy atom. The van der Waals surface area contributed by atoms with Gasteiger partial charge in [-0.3, -0.25) is 4.79 Å². The highest BCUT2D eigenvalue weighted by atomic mass is 32.2. The van der Waals surface area contributed by atoms with Crippen LogP contribution in [0.4, 0.5) is 5.69 Å². The first-order chi connectivity index (χ1) is 10.8. The number of thioether (sulfide) groups is 1. The number of benzene rings is 2. The van der Waals surface area contributed by atoms with Gasteiger partial charge in [0.1, 0.15) is 0 Å². The molecular formula is C19H19NOS. The van der Waals surface area contributed by atoms with Gasteiger partial charge in [-0.15, -0.1) is 11.8 Å². The maximum absolute atomic E-state index is 12.6. The van der Waals surface area contributed by atoms with E-state index in [-0.39, 0.29) is 11.2 Å². The summed E-state index contributed by atoms with van der Waals surface area (Å²) in [5.41, 5.74) is 5.08. The van der Waals surface area contributed by atoms with E-state index in [0.717, 1.165) is 24.9 Å². The number of hydrogen-bond acceptors (Lipinski definition) is 2. The van der Waals surface area contributed by atoms with Crippen molar-refractivity contribution >= 4 is 23.4 Å². The summed E-state index contributed by atoms with van der Waals surface area (Å²) < 4.78 is 0. The summed E-state index contributed by atoms with van der Waals surface area (Å²) in [5.74, 6) is 0.139. The first-order valence-electron chi connectivity index (χ1n) is 7.97. The zero-order valence-electron chi connectivity index (χ0n) is 12.5. The van der Waals surface area contributed by atoms with Crippen LogP contribution in [-0.4, -0.2) is 11.2 Å². The molecule has 2 aromatic rings. The molecular weight excluding hydrogens is 290 g/mol. The first-order valence-corrected chi connectivity index (χ1v) is 8.85. The third-order valence-electron chi connectivity index (χ3n) is 4.59. The van der Waals surface area contributed by atoms with Crippen LogP contribution in [0.25, 0.3) is 0 Å². The molecule has 1 amide bonds. The summed E-state index contributed by atoms with van der Waals surface area (Å²) in [4.78, 5) is 13.9. The lowest BCUT2D eigenvalue weighted by atomic mass is 9.90. The number of amides is 1. The molecule has 2 nitrogen and oxygen atoms in total. The third-order valence-corrected chi connectivity index (χ3v) is 5.91. The van der Waals surface area contributed by atoms with Gasteiger partial charge in [-0.05, 0) is 60.9 Å². The van der Waals surface area contributed by atoms with Gasteiger partial charge in [0.25, 0.3) is 0 Å². The van der Waals surface area contributed by atoms with E-state index in [2.05, 4.69) is 35.6 Å². The number of hydrogen-bond donors (Lipinski definition) is 1. The Kier molecular flexibility index (Phi) is 3.67. The predicted molar refractivity (Wildman–Crippen MR) is 91.5 cm³/mol. The van der Waals surface area contributed by atoms with Crippen molar-refractivity contribution in [1.29, 1.82) is 0 Å². The van der Waals surface area contributed by atoms with E-state index in [0.29, 0.717) is 0 Å². The maximum Gasteiger partial charge on any atom is 0.238 e. The molecule has 4 rings (SSSR count). The number of aryl methyl sites for hydroxylation is 1. The quantitative estimate of drug-likeness (QED) is 0.900. The lowest BCUT2D eigenvalue weighted by molar-refractivity contribution is -0.115. The van der Waals surface area contributed by atoms with Crippen molar-refractivity contribution in [2.45, 2.75) is 42.2 Å². The molecule has 0 radical (unpaired) electrons. The minimum absolute atomic E-state index is 0.00292. The van der Waals surface area contributed by atoms with Crippen LogP contribution in [-0.2, 0) is 24.1 Å². The van der Waals surface area contributed by atoms with Crippen LogP contribution in [0, 0.1) is 0 Å². The number of nitrogens with one attached hydrogen (secondary N) is 1. The van der Waals surface area contributed by atoms with Gasteiger partial charge >= 0.3 is 0 Å². The molecule has 0 bridgehead atoms. The standard InChI is InChI=1S/C19H19NOS/c21-19(18-12-14-7-2-4-11-17(14)22-18)20-16-10-5-8-13-6-1-3-9-15(13)16/h2,4-5,7-8,10-11,18H,1,3,6,9,12H2,(H,20,21)/t18-/m1/s1. The van der Waals surface area contributed by atoms with E-state index in [4.69, 9.17) is 0 Å². The van der Waals surface area contributed by atoms with E-state index in [1.165, 1.54) is 34.4 Å². The zero-order chi connectivity index (χ0) is 14.9. The van der Waals surface area contributed by atoms with Crippen LogP contribution < -0.4 is 5.32 Å². The van der Waals surface area contributed by atoms with Gasteiger partial charge < -0.3 is 5.32 Å². The van der Waals surface area contributed by atoms with Gasteiger partial charge in [0, 0.05) is 10.6 Å². The first kappa shape index (κ1) is 13.9. The van der Waals surface area contributed by atoms with Gasteiger partial charge in [0.05, 0.1) is 5.25 Å². The van der Waals surface area contributed by atoms with Crippen molar-refractivity contribution in [3.05, 3.63) is 59.2 Å². The van der Waals surface area contributed by atoms with Gasteiger partial charge in [0.15, 0.2) is 0 Å². The SMILES string of the molecule is O=C(Nc1cccc2c1CCCC2)[C@H]1Cc2ccccc2S1. The minimum atomic E-state index is -0.00292. The Morgan fingerprint density at radius 2 is 1.82 bits per heavy atom. The number of carbonyl (C=O) groups excluding carboxylic acids is 1. The zero-order valence-corrected chi connectivity index (χ0v) is 13.3. The normalized spacial score (nSPS) is 19.4. The molecule has 0 unspecified atom stereocenters. The Hall–Kier alpha value is -1.74. The van der Waals surface area contributed by atoms with E-state index >= 15 is 0 Å². The molecule has 2 aromatic carbocycles. The summed E-state index contributed by atoms with van der Waals surface area (Å²) in [6.07, 6.45) is 5.55. The molecule has 3 heteroatoms. The van der Waals surface area contributed by atoms with Crippen molar-refractivity contribution in [2.24, 2.45) is 0 Å². The van der Waals surface area contributed by atoms with Crippen molar-refractivity contribution in [2.75, 3.05) is 5.32 Å². The van der Waals surface area contributed by atoms with E-state index < -0.39 is 0 Å². The molecule has 0 fully saturated rings. The van der Waals surface area contributed by atoms with Crippen LogP contribution >= 0.6 is 11.8 Å². The molecule has 0 saturated carbocycles. The molecule has 1 aliphatic carbocycles. The minimum Gasteiger partial charge on any atom is -0.325 e. The maximum atomic E-state index is 12.6. The van der Waals surface area contributed by atoms with Crippen molar-refractivity contribution in [3.8, 4) is 0 Å². The highest BCUT2D eigenvalue weighted by molar-refractivity contribution is 8.01. The molecule has 0 spiro atoms. The Labute approximate surface area is 135 Å². The molecule has 1 N–H and O–H groups in total. The number of fused-ring (bicyclic) bond motifs is 2. The molecule has 112 valence electrons. The van der Waals surface area contributed by atoms with Crippen LogP contribution in [0.3, 0.4) is 0 Å². The van der Waals surface area contributed by atoms with Crippen molar-refractivity contribution in [3.63, 3.8) is 0 Å². The van der Waals surface area contributed by atoms with Gasteiger partial charge in [-0.2, -0.15) is 0 Å². The van der Waals surface area contributed by atoms with Crippen LogP contribution in [0.1, 0.15) is 29.5 Å². The fourth-order valence-electron chi connectivity index (χ4n) is 3.44.